The molecule has 0 aromatic heterocycles. The van der Waals surface area contributed by atoms with Gasteiger partial charge < -0.3 is 10.0 Å². The lowest BCUT2D eigenvalue weighted by Crippen LogP contribution is -2.45. The van der Waals surface area contributed by atoms with Gasteiger partial charge in [0, 0.05) is 32.2 Å². The van der Waals surface area contributed by atoms with Crippen LogP contribution in [0.25, 0.3) is 0 Å². The minimum absolute atomic E-state index is 0.485. The van der Waals surface area contributed by atoms with Crippen molar-refractivity contribution in [3.63, 3.8) is 0 Å². The predicted molar refractivity (Wildman–Crippen MR) is 68.2 cm³/mol. The van der Waals surface area contributed by atoms with Crippen molar-refractivity contribution in [1.82, 2.24) is 9.80 Å². The zero-order chi connectivity index (χ0) is 11.8. The van der Waals surface area contributed by atoms with Gasteiger partial charge in [-0.2, -0.15) is 0 Å². The van der Waals surface area contributed by atoms with E-state index in [2.05, 4.69) is 22.9 Å². The molecule has 1 unspecified atom stereocenters. The minimum Gasteiger partial charge on any atom is -0.508 e. The standard InChI is InChI=1S/C14H20N2O/c1-15-7-9-16(10-8-15)13-6-5-12-11(13)3-2-4-14(12)17/h2-4,13,17H,5-10H2,1H3. The molecule has 1 N–H and O–H groups in total. The Bertz CT molecular complexity index is 411. The van der Waals surface area contributed by atoms with Gasteiger partial charge in [0.25, 0.3) is 0 Å². The van der Waals surface area contributed by atoms with Gasteiger partial charge in [0.15, 0.2) is 0 Å². The second-order valence-electron chi connectivity index (χ2n) is 5.24. The number of phenols is 1. The molecule has 1 aromatic rings. The Hall–Kier alpha value is -1.06. The van der Waals surface area contributed by atoms with Gasteiger partial charge >= 0.3 is 0 Å². The number of piperazine rings is 1. The van der Waals surface area contributed by atoms with Crippen LogP contribution in [0.15, 0.2) is 18.2 Å². The van der Waals surface area contributed by atoms with E-state index in [1.54, 1.807) is 0 Å². The first kappa shape index (κ1) is 11.1. The van der Waals surface area contributed by atoms with Crippen LogP contribution in [0.5, 0.6) is 5.75 Å². The van der Waals surface area contributed by atoms with Gasteiger partial charge in [0.05, 0.1) is 0 Å². The fourth-order valence-corrected chi connectivity index (χ4v) is 3.13. The third-order valence-electron chi connectivity index (χ3n) is 4.19. The van der Waals surface area contributed by atoms with Crippen molar-refractivity contribution in [2.24, 2.45) is 0 Å². The minimum atomic E-state index is 0.485. The Balaban J connectivity index is 1.82. The highest BCUT2D eigenvalue weighted by Gasteiger charge is 2.30. The topological polar surface area (TPSA) is 26.7 Å². The quantitative estimate of drug-likeness (QED) is 0.797. The molecule has 1 atom stereocenters. The van der Waals surface area contributed by atoms with Crippen molar-refractivity contribution in [2.45, 2.75) is 18.9 Å². The predicted octanol–water partition coefficient (Wildman–Crippen LogP) is 1.63. The molecule has 1 heterocycles. The van der Waals surface area contributed by atoms with Crippen LogP contribution in [-0.4, -0.2) is 48.1 Å². The Morgan fingerprint density at radius 3 is 2.71 bits per heavy atom. The highest BCUT2D eigenvalue weighted by molar-refractivity contribution is 5.44. The van der Waals surface area contributed by atoms with Gasteiger partial charge in [0.1, 0.15) is 5.75 Å². The summed E-state index contributed by atoms with van der Waals surface area (Å²) in [6.07, 6.45) is 2.19. The molecule has 0 radical (unpaired) electrons. The van der Waals surface area contributed by atoms with E-state index < -0.39 is 0 Å². The number of phenolic OH excluding ortho intramolecular Hbond substituents is 1. The highest BCUT2D eigenvalue weighted by atomic mass is 16.3. The summed E-state index contributed by atoms with van der Waals surface area (Å²) in [6, 6.07) is 6.50. The lowest BCUT2D eigenvalue weighted by Gasteiger charge is -2.36. The molecule has 2 aliphatic rings. The lowest BCUT2D eigenvalue weighted by molar-refractivity contribution is 0.111. The maximum Gasteiger partial charge on any atom is 0.119 e. The number of nitrogens with zero attached hydrogens (tertiary/aromatic N) is 2. The monoisotopic (exact) mass is 232 g/mol. The first-order chi connectivity index (χ1) is 8.25. The molecule has 1 aromatic carbocycles. The molecule has 3 nitrogen and oxygen atoms in total. The Kier molecular flexibility index (Phi) is 2.81. The smallest absolute Gasteiger partial charge is 0.119 e. The van der Waals surface area contributed by atoms with Crippen molar-refractivity contribution in [3.8, 4) is 5.75 Å². The van der Waals surface area contributed by atoms with E-state index in [-0.39, 0.29) is 0 Å². The molecule has 92 valence electrons. The molecule has 1 aliphatic carbocycles. The van der Waals surface area contributed by atoms with Gasteiger partial charge in [-0.25, -0.2) is 0 Å². The summed E-state index contributed by atoms with van der Waals surface area (Å²) in [7, 11) is 2.19. The average molecular weight is 232 g/mol. The van der Waals surface area contributed by atoms with E-state index in [0.29, 0.717) is 11.8 Å². The maximum atomic E-state index is 9.86. The number of hydrogen-bond donors (Lipinski definition) is 1. The first-order valence-corrected chi connectivity index (χ1v) is 6.49. The van der Waals surface area contributed by atoms with Crippen molar-refractivity contribution in [1.29, 1.82) is 0 Å². The second kappa shape index (κ2) is 4.31. The molecule has 1 saturated heterocycles. The third kappa shape index (κ3) is 1.94. The zero-order valence-corrected chi connectivity index (χ0v) is 10.4. The van der Waals surface area contributed by atoms with Crippen LogP contribution in [0.2, 0.25) is 0 Å². The Labute approximate surface area is 103 Å². The summed E-state index contributed by atoms with van der Waals surface area (Å²) in [4.78, 5) is 4.96. The van der Waals surface area contributed by atoms with Crippen LogP contribution in [0.3, 0.4) is 0 Å². The molecular weight excluding hydrogens is 212 g/mol. The summed E-state index contributed by atoms with van der Waals surface area (Å²) in [5.74, 6) is 0.485. The molecule has 3 rings (SSSR count). The number of rotatable bonds is 1. The molecular formula is C14H20N2O. The fourth-order valence-electron chi connectivity index (χ4n) is 3.13. The Morgan fingerprint density at radius 2 is 1.94 bits per heavy atom. The fraction of sp³-hybridized carbons (Fsp3) is 0.571. The molecule has 1 aliphatic heterocycles. The number of aromatic hydroxyl groups is 1. The molecule has 3 heteroatoms. The SMILES string of the molecule is CN1CCN(C2CCc3c(O)cccc32)CC1. The van der Waals surface area contributed by atoms with Gasteiger partial charge in [0.2, 0.25) is 0 Å². The number of benzene rings is 1. The Morgan fingerprint density at radius 1 is 1.18 bits per heavy atom. The van der Waals surface area contributed by atoms with Crippen molar-refractivity contribution in [3.05, 3.63) is 29.3 Å². The lowest BCUT2D eigenvalue weighted by atomic mass is 10.1. The largest absolute Gasteiger partial charge is 0.508 e. The van der Waals surface area contributed by atoms with E-state index >= 15 is 0 Å². The summed E-state index contributed by atoms with van der Waals surface area (Å²) in [6.45, 7) is 4.61. The van der Waals surface area contributed by atoms with E-state index in [1.165, 1.54) is 11.1 Å². The maximum absolute atomic E-state index is 9.86. The van der Waals surface area contributed by atoms with Crippen LogP contribution in [0, 0.1) is 0 Å². The molecule has 17 heavy (non-hydrogen) atoms. The van der Waals surface area contributed by atoms with Crippen LogP contribution in [0.4, 0.5) is 0 Å². The van der Waals surface area contributed by atoms with E-state index in [0.717, 1.165) is 39.0 Å². The summed E-state index contributed by atoms with van der Waals surface area (Å²) in [5, 5.41) is 9.86. The summed E-state index contributed by atoms with van der Waals surface area (Å²) < 4.78 is 0. The first-order valence-electron chi connectivity index (χ1n) is 6.49. The third-order valence-corrected chi connectivity index (χ3v) is 4.19. The highest BCUT2D eigenvalue weighted by Crippen LogP contribution is 2.39. The average Bonchev–Trinajstić information content (AvgIpc) is 2.75. The molecule has 0 spiro atoms. The van der Waals surface area contributed by atoms with Crippen LogP contribution in [0.1, 0.15) is 23.6 Å². The van der Waals surface area contributed by atoms with Gasteiger partial charge in [-0.05, 0) is 37.1 Å². The molecule has 1 fully saturated rings. The molecule has 0 amide bonds. The molecule has 0 saturated carbocycles. The second-order valence-corrected chi connectivity index (χ2v) is 5.24. The van der Waals surface area contributed by atoms with Gasteiger partial charge in [-0.15, -0.1) is 0 Å². The number of fused-ring (bicyclic) bond motifs is 1. The normalized spacial score (nSPS) is 26.1. The van der Waals surface area contributed by atoms with E-state index in [4.69, 9.17) is 0 Å². The zero-order valence-electron chi connectivity index (χ0n) is 10.4. The molecule has 0 bridgehead atoms. The summed E-state index contributed by atoms with van der Waals surface area (Å²) >= 11 is 0. The summed E-state index contributed by atoms with van der Waals surface area (Å²) in [5.41, 5.74) is 2.53. The van der Waals surface area contributed by atoms with Crippen molar-refractivity contribution < 1.29 is 5.11 Å². The van der Waals surface area contributed by atoms with E-state index in [1.807, 2.05) is 12.1 Å². The van der Waals surface area contributed by atoms with Crippen LogP contribution >= 0.6 is 0 Å². The van der Waals surface area contributed by atoms with Crippen molar-refractivity contribution >= 4 is 0 Å². The van der Waals surface area contributed by atoms with E-state index in [9.17, 15) is 5.11 Å². The van der Waals surface area contributed by atoms with Crippen LogP contribution in [-0.2, 0) is 6.42 Å². The number of hydrogen-bond acceptors (Lipinski definition) is 3. The van der Waals surface area contributed by atoms with Gasteiger partial charge in [-0.3, -0.25) is 4.90 Å². The number of likely N-dealkylation sites (N-methyl/N-ethyl adjacent to an activating group) is 1. The van der Waals surface area contributed by atoms with Crippen LogP contribution < -0.4 is 0 Å². The van der Waals surface area contributed by atoms with Crippen molar-refractivity contribution in [2.75, 3.05) is 33.2 Å². The van der Waals surface area contributed by atoms with Gasteiger partial charge in [-0.1, -0.05) is 12.1 Å².